The number of aryl methyl sites for hydroxylation is 1. The average Bonchev–Trinajstić information content (AvgIpc) is 2.31. The van der Waals surface area contributed by atoms with E-state index in [4.69, 9.17) is 15.2 Å². The fourth-order valence-electron chi connectivity index (χ4n) is 1.31. The van der Waals surface area contributed by atoms with Gasteiger partial charge in [0.25, 0.3) is 0 Å². The summed E-state index contributed by atoms with van der Waals surface area (Å²) in [6.45, 7) is 7.26. The van der Waals surface area contributed by atoms with Crippen molar-refractivity contribution >= 4 is 5.97 Å². The molecule has 0 spiro atoms. The number of nitrogens with two attached hydrogens (primary N) is 1. The van der Waals surface area contributed by atoms with E-state index in [2.05, 4.69) is 0 Å². The third-order valence-electron chi connectivity index (χ3n) is 2.68. The average molecular weight is 251 g/mol. The van der Waals surface area contributed by atoms with Gasteiger partial charge in [0.05, 0.1) is 0 Å². The van der Waals surface area contributed by atoms with Gasteiger partial charge < -0.3 is 15.2 Å². The van der Waals surface area contributed by atoms with E-state index in [9.17, 15) is 4.79 Å². The molecule has 0 aliphatic carbocycles. The number of carbonyl (C=O) groups is 1. The molecule has 3 atom stereocenters. The van der Waals surface area contributed by atoms with Gasteiger partial charge in [-0.1, -0.05) is 17.7 Å². The summed E-state index contributed by atoms with van der Waals surface area (Å²) in [5, 5.41) is 0. The van der Waals surface area contributed by atoms with Crippen molar-refractivity contribution in [3.05, 3.63) is 29.8 Å². The fraction of sp³-hybridized carbons (Fsp3) is 0.500. The SMILES string of the molecule is Cc1ccc(O[C@H](C)[C@H](C)OC(=O)[C@H](C)N)cc1. The van der Waals surface area contributed by atoms with E-state index in [-0.39, 0.29) is 12.2 Å². The zero-order chi connectivity index (χ0) is 13.7. The van der Waals surface area contributed by atoms with Crippen molar-refractivity contribution in [2.24, 2.45) is 5.73 Å². The van der Waals surface area contributed by atoms with Crippen LogP contribution in [0.1, 0.15) is 26.3 Å². The summed E-state index contributed by atoms with van der Waals surface area (Å²) in [5.74, 6) is 0.346. The van der Waals surface area contributed by atoms with Crippen molar-refractivity contribution in [2.75, 3.05) is 0 Å². The lowest BCUT2D eigenvalue weighted by atomic mass is 10.2. The normalized spacial score (nSPS) is 15.6. The molecule has 0 aliphatic heterocycles. The maximum absolute atomic E-state index is 11.4. The predicted molar refractivity (Wildman–Crippen MR) is 70.5 cm³/mol. The van der Waals surface area contributed by atoms with E-state index >= 15 is 0 Å². The summed E-state index contributed by atoms with van der Waals surface area (Å²) < 4.78 is 10.9. The Kier molecular flexibility index (Phi) is 5.16. The molecule has 1 aromatic carbocycles. The highest BCUT2D eigenvalue weighted by Gasteiger charge is 2.20. The lowest BCUT2D eigenvalue weighted by molar-refractivity contribution is -0.153. The van der Waals surface area contributed by atoms with Crippen molar-refractivity contribution in [3.63, 3.8) is 0 Å². The third-order valence-corrected chi connectivity index (χ3v) is 2.68. The summed E-state index contributed by atoms with van der Waals surface area (Å²) >= 11 is 0. The molecule has 0 unspecified atom stereocenters. The monoisotopic (exact) mass is 251 g/mol. The topological polar surface area (TPSA) is 61.5 Å². The van der Waals surface area contributed by atoms with Gasteiger partial charge in [0.15, 0.2) is 0 Å². The first-order valence-electron chi connectivity index (χ1n) is 6.09. The molecular formula is C14H21NO3. The highest BCUT2D eigenvalue weighted by atomic mass is 16.6. The van der Waals surface area contributed by atoms with Crippen LogP contribution in [0.3, 0.4) is 0 Å². The van der Waals surface area contributed by atoms with Crippen molar-refractivity contribution in [3.8, 4) is 5.75 Å². The second-order valence-corrected chi connectivity index (χ2v) is 4.57. The Labute approximate surface area is 108 Å². The summed E-state index contributed by atoms with van der Waals surface area (Å²) in [6, 6.07) is 7.12. The number of esters is 1. The molecule has 4 heteroatoms. The molecule has 0 bridgehead atoms. The number of rotatable bonds is 5. The Morgan fingerprint density at radius 1 is 1.11 bits per heavy atom. The molecule has 0 saturated heterocycles. The molecule has 0 saturated carbocycles. The smallest absolute Gasteiger partial charge is 0.323 e. The first-order chi connectivity index (χ1) is 8.40. The number of hydrogen-bond donors (Lipinski definition) is 1. The minimum atomic E-state index is -0.612. The van der Waals surface area contributed by atoms with Crippen LogP contribution in [0.2, 0.25) is 0 Å². The van der Waals surface area contributed by atoms with E-state index < -0.39 is 12.0 Å². The van der Waals surface area contributed by atoms with Gasteiger partial charge in [-0.05, 0) is 39.8 Å². The van der Waals surface area contributed by atoms with E-state index in [0.717, 1.165) is 5.75 Å². The van der Waals surface area contributed by atoms with E-state index in [1.807, 2.05) is 38.1 Å². The first-order valence-corrected chi connectivity index (χ1v) is 6.09. The summed E-state index contributed by atoms with van der Waals surface area (Å²) in [6.07, 6.45) is -0.569. The van der Waals surface area contributed by atoms with Crippen molar-refractivity contribution in [1.29, 1.82) is 0 Å². The lowest BCUT2D eigenvalue weighted by Gasteiger charge is -2.22. The minimum absolute atomic E-state index is 0.226. The standard InChI is InChI=1S/C14H21NO3/c1-9-5-7-13(8-6-9)17-11(3)12(4)18-14(16)10(2)15/h5-8,10-12H,15H2,1-4H3/t10-,11+,12-/m0/s1. The Balaban J connectivity index is 2.51. The molecule has 0 aromatic heterocycles. The molecule has 1 rings (SSSR count). The summed E-state index contributed by atoms with van der Waals surface area (Å²) in [4.78, 5) is 11.4. The van der Waals surface area contributed by atoms with E-state index in [1.54, 1.807) is 13.8 Å². The van der Waals surface area contributed by atoms with E-state index in [0.29, 0.717) is 0 Å². The summed E-state index contributed by atoms with van der Waals surface area (Å²) in [7, 11) is 0. The van der Waals surface area contributed by atoms with Gasteiger partial charge in [-0.3, -0.25) is 4.79 Å². The van der Waals surface area contributed by atoms with Gasteiger partial charge >= 0.3 is 5.97 Å². The van der Waals surface area contributed by atoms with Crippen LogP contribution >= 0.6 is 0 Å². The van der Waals surface area contributed by atoms with Gasteiger partial charge in [-0.25, -0.2) is 0 Å². The molecule has 1 aromatic rings. The molecule has 4 nitrogen and oxygen atoms in total. The van der Waals surface area contributed by atoms with Gasteiger partial charge in [-0.2, -0.15) is 0 Å². The number of ether oxygens (including phenoxy) is 2. The Morgan fingerprint density at radius 3 is 2.17 bits per heavy atom. The minimum Gasteiger partial charge on any atom is -0.487 e. The van der Waals surface area contributed by atoms with Crippen LogP contribution in [0, 0.1) is 6.92 Å². The fourth-order valence-corrected chi connectivity index (χ4v) is 1.31. The van der Waals surface area contributed by atoms with Gasteiger partial charge in [-0.15, -0.1) is 0 Å². The zero-order valence-electron chi connectivity index (χ0n) is 11.3. The van der Waals surface area contributed by atoms with Gasteiger partial charge in [0, 0.05) is 0 Å². The molecule has 0 amide bonds. The molecule has 0 radical (unpaired) electrons. The second-order valence-electron chi connectivity index (χ2n) is 4.57. The third kappa shape index (κ3) is 4.37. The number of benzene rings is 1. The highest BCUT2D eigenvalue weighted by molar-refractivity contribution is 5.75. The molecule has 0 heterocycles. The van der Waals surface area contributed by atoms with Crippen molar-refractivity contribution < 1.29 is 14.3 Å². The van der Waals surface area contributed by atoms with Crippen LogP contribution in [0.5, 0.6) is 5.75 Å². The largest absolute Gasteiger partial charge is 0.487 e. The molecule has 2 N–H and O–H groups in total. The van der Waals surface area contributed by atoms with Gasteiger partial charge in [0.1, 0.15) is 24.0 Å². The molecule has 0 fully saturated rings. The Bertz CT molecular complexity index is 387. The Hall–Kier alpha value is -1.55. The van der Waals surface area contributed by atoms with Crippen LogP contribution in [0.15, 0.2) is 24.3 Å². The molecule has 100 valence electrons. The van der Waals surface area contributed by atoms with Crippen LogP contribution in [-0.4, -0.2) is 24.2 Å². The van der Waals surface area contributed by atoms with Crippen LogP contribution < -0.4 is 10.5 Å². The van der Waals surface area contributed by atoms with Crippen molar-refractivity contribution in [2.45, 2.75) is 45.9 Å². The first kappa shape index (κ1) is 14.5. The van der Waals surface area contributed by atoms with E-state index in [1.165, 1.54) is 5.56 Å². The lowest BCUT2D eigenvalue weighted by Crippen LogP contribution is -2.37. The second kappa shape index (κ2) is 6.40. The zero-order valence-corrected chi connectivity index (χ0v) is 11.3. The summed E-state index contributed by atoms with van der Waals surface area (Å²) in [5.41, 5.74) is 6.61. The quantitative estimate of drug-likeness (QED) is 0.813. The van der Waals surface area contributed by atoms with Crippen LogP contribution in [0.4, 0.5) is 0 Å². The Morgan fingerprint density at radius 2 is 1.67 bits per heavy atom. The van der Waals surface area contributed by atoms with Crippen LogP contribution in [-0.2, 0) is 9.53 Å². The van der Waals surface area contributed by atoms with Crippen LogP contribution in [0.25, 0.3) is 0 Å². The maximum atomic E-state index is 11.4. The predicted octanol–water partition coefficient (Wildman–Crippen LogP) is 2.04. The highest BCUT2D eigenvalue weighted by Crippen LogP contribution is 2.15. The number of hydrogen-bond acceptors (Lipinski definition) is 4. The molecule has 18 heavy (non-hydrogen) atoms. The molecule has 0 aliphatic rings. The molecular weight excluding hydrogens is 230 g/mol. The van der Waals surface area contributed by atoms with Gasteiger partial charge in [0.2, 0.25) is 0 Å². The van der Waals surface area contributed by atoms with Crippen molar-refractivity contribution in [1.82, 2.24) is 0 Å². The number of carbonyl (C=O) groups excluding carboxylic acids is 1. The maximum Gasteiger partial charge on any atom is 0.323 e.